The molecule has 0 spiro atoms. The van der Waals surface area contributed by atoms with Crippen LogP contribution in [-0.2, 0) is 0 Å². The van der Waals surface area contributed by atoms with Gasteiger partial charge in [0.1, 0.15) is 5.82 Å². The summed E-state index contributed by atoms with van der Waals surface area (Å²) in [7, 11) is 3.83. The molecule has 0 saturated heterocycles. The molecule has 14 heavy (non-hydrogen) atoms. The lowest BCUT2D eigenvalue weighted by molar-refractivity contribution is 0.407. The summed E-state index contributed by atoms with van der Waals surface area (Å²) in [6.45, 7) is 0.654. The summed E-state index contributed by atoms with van der Waals surface area (Å²) in [4.78, 5) is 1.94. The number of halogens is 3. The van der Waals surface area contributed by atoms with E-state index in [-0.39, 0.29) is 11.2 Å². The van der Waals surface area contributed by atoms with Crippen LogP contribution in [0.25, 0.3) is 0 Å². The molecule has 0 aromatic heterocycles. The van der Waals surface area contributed by atoms with Gasteiger partial charge in [0, 0.05) is 11.6 Å². The Hall–Kier alpha value is -0.310. The third-order valence-corrected chi connectivity index (χ3v) is 2.38. The molecule has 1 rings (SSSR count). The van der Waals surface area contributed by atoms with Gasteiger partial charge in [0.15, 0.2) is 0 Å². The lowest BCUT2D eigenvalue weighted by atomic mass is 10.1. The first-order valence-electron chi connectivity index (χ1n) is 4.24. The fourth-order valence-corrected chi connectivity index (χ4v) is 1.81. The summed E-state index contributed by atoms with van der Waals surface area (Å²) < 4.78 is 13.0. The highest BCUT2D eigenvalue weighted by atomic mass is 35.5. The van der Waals surface area contributed by atoms with Gasteiger partial charge in [0.05, 0.1) is 5.38 Å². The Morgan fingerprint density at radius 3 is 2.50 bits per heavy atom. The Balaban J connectivity index is 2.84. The molecule has 0 heterocycles. The molecule has 0 aliphatic heterocycles. The smallest absolute Gasteiger partial charge is 0.125 e. The second-order valence-electron chi connectivity index (χ2n) is 3.43. The van der Waals surface area contributed by atoms with Crippen molar-refractivity contribution in [2.24, 2.45) is 0 Å². The fourth-order valence-electron chi connectivity index (χ4n) is 1.18. The molecular weight excluding hydrogens is 224 g/mol. The van der Waals surface area contributed by atoms with Crippen LogP contribution in [0.5, 0.6) is 0 Å². The largest absolute Gasteiger partial charge is 0.308 e. The van der Waals surface area contributed by atoms with Crippen LogP contribution >= 0.6 is 23.2 Å². The predicted octanol–water partition coefficient (Wildman–Crippen LogP) is 3.32. The number of alkyl halides is 1. The van der Waals surface area contributed by atoms with E-state index < -0.39 is 0 Å². The van der Waals surface area contributed by atoms with Crippen LogP contribution < -0.4 is 0 Å². The molecule has 0 radical (unpaired) electrons. The highest BCUT2D eigenvalue weighted by Gasteiger charge is 2.10. The van der Waals surface area contributed by atoms with Crippen molar-refractivity contribution in [1.29, 1.82) is 0 Å². The van der Waals surface area contributed by atoms with Gasteiger partial charge < -0.3 is 4.90 Å². The average Bonchev–Trinajstić information content (AvgIpc) is 2.00. The van der Waals surface area contributed by atoms with E-state index in [9.17, 15) is 4.39 Å². The molecule has 1 aromatic rings. The first-order chi connectivity index (χ1) is 6.49. The van der Waals surface area contributed by atoms with E-state index in [4.69, 9.17) is 23.2 Å². The zero-order chi connectivity index (χ0) is 10.7. The minimum atomic E-state index is -0.350. The summed E-state index contributed by atoms with van der Waals surface area (Å²) in [6.07, 6.45) is 0. The van der Waals surface area contributed by atoms with Crippen molar-refractivity contribution in [3.8, 4) is 0 Å². The van der Waals surface area contributed by atoms with Gasteiger partial charge in [-0.3, -0.25) is 0 Å². The van der Waals surface area contributed by atoms with Crippen LogP contribution in [0.4, 0.5) is 4.39 Å². The molecule has 0 amide bonds. The summed E-state index contributed by atoms with van der Waals surface area (Å²) in [5.41, 5.74) is 0.713. The number of hydrogen-bond donors (Lipinski definition) is 0. The van der Waals surface area contributed by atoms with Gasteiger partial charge in [-0.15, -0.1) is 11.6 Å². The highest BCUT2D eigenvalue weighted by molar-refractivity contribution is 6.30. The Morgan fingerprint density at radius 2 is 2.00 bits per heavy atom. The standard InChI is InChI=1S/C10H12Cl2FN/c1-14(2)6-10(12)7-3-8(11)5-9(13)4-7/h3-5,10H,6H2,1-2H3. The minimum Gasteiger partial charge on any atom is -0.308 e. The molecule has 1 aromatic carbocycles. The molecule has 0 fully saturated rings. The van der Waals surface area contributed by atoms with E-state index in [1.165, 1.54) is 12.1 Å². The summed E-state index contributed by atoms with van der Waals surface area (Å²) >= 11 is 11.8. The minimum absolute atomic E-state index is 0.238. The summed E-state index contributed by atoms with van der Waals surface area (Å²) in [5.74, 6) is -0.350. The van der Waals surface area contributed by atoms with E-state index in [0.717, 1.165) is 0 Å². The zero-order valence-corrected chi connectivity index (χ0v) is 9.61. The van der Waals surface area contributed by atoms with E-state index >= 15 is 0 Å². The van der Waals surface area contributed by atoms with Gasteiger partial charge in [-0.25, -0.2) is 4.39 Å². The Kier molecular flexibility index (Phi) is 4.17. The van der Waals surface area contributed by atoms with Gasteiger partial charge in [-0.2, -0.15) is 0 Å². The maximum Gasteiger partial charge on any atom is 0.125 e. The number of hydrogen-bond acceptors (Lipinski definition) is 1. The van der Waals surface area contributed by atoms with E-state index in [2.05, 4.69) is 0 Å². The third-order valence-electron chi connectivity index (χ3n) is 1.77. The van der Waals surface area contributed by atoms with Gasteiger partial charge in [-0.05, 0) is 37.9 Å². The van der Waals surface area contributed by atoms with Crippen molar-refractivity contribution in [3.05, 3.63) is 34.6 Å². The number of benzene rings is 1. The third kappa shape index (κ3) is 3.45. The summed E-state index contributed by atoms with van der Waals surface area (Å²) in [6, 6.07) is 4.36. The SMILES string of the molecule is CN(C)CC(Cl)c1cc(F)cc(Cl)c1. The number of likely N-dealkylation sites (N-methyl/N-ethyl adjacent to an activating group) is 1. The highest BCUT2D eigenvalue weighted by Crippen LogP contribution is 2.24. The van der Waals surface area contributed by atoms with Gasteiger partial charge in [-0.1, -0.05) is 11.6 Å². The van der Waals surface area contributed by atoms with Crippen molar-refractivity contribution in [3.63, 3.8) is 0 Å². The van der Waals surface area contributed by atoms with Crippen molar-refractivity contribution < 1.29 is 4.39 Å². The van der Waals surface area contributed by atoms with E-state index in [1.807, 2.05) is 19.0 Å². The Bertz CT molecular complexity index is 295. The average molecular weight is 236 g/mol. The molecule has 4 heteroatoms. The Labute approximate surface area is 93.4 Å². The molecule has 1 unspecified atom stereocenters. The molecule has 0 bridgehead atoms. The molecule has 1 atom stereocenters. The molecule has 0 aliphatic rings. The van der Waals surface area contributed by atoms with E-state index in [0.29, 0.717) is 17.1 Å². The first-order valence-corrected chi connectivity index (χ1v) is 5.05. The van der Waals surface area contributed by atoms with Crippen LogP contribution in [0.2, 0.25) is 5.02 Å². The molecule has 0 saturated carbocycles. The number of rotatable bonds is 3. The maximum atomic E-state index is 13.0. The molecular formula is C10H12Cl2FN. The van der Waals surface area contributed by atoms with Crippen molar-refractivity contribution in [1.82, 2.24) is 4.90 Å². The molecule has 0 N–H and O–H groups in total. The van der Waals surface area contributed by atoms with Crippen molar-refractivity contribution in [2.45, 2.75) is 5.38 Å². The summed E-state index contributed by atoms with van der Waals surface area (Å²) in [5, 5.41) is 0.141. The molecule has 1 nitrogen and oxygen atoms in total. The van der Waals surface area contributed by atoms with Crippen LogP contribution in [0.15, 0.2) is 18.2 Å². The normalized spacial score (nSPS) is 13.3. The second-order valence-corrected chi connectivity index (χ2v) is 4.40. The van der Waals surface area contributed by atoms with Gasteiger partial charge in [0.2, 0.25) is 0 Å². The Morgan fingerprint density at radius 1 is 1.36 bits per heavy atom. The van der Waals surface area contributed by atoms with Crippen LogP contribution in [0.3, 0.4) is 0 Å². The lowest BCUT2D eigenvalue weighted by Crippen LogP contribution is -2.17. The van der Waals surface area contributed by atoms with E-state index in [1.54, 1.807) is 6.07 Å². The first kappa shape index (κ1) is 11.8. The van der Waals surface area contributed by atoms with Crippen molar-refractivity contribution in [2.75, 3.05) is 20.6 Å². The topological polar surface area (TPSA) is 3.24 Å². The van der Waals surface area contributed by atoms with Crippen LogP contribution in [0, 0.1) is 5.82 Å². The fraction of sp³-hybridized carbons (Fsp3) is 0.400. The predicted molar refractivity (Wildman–Crippen MR) is 58.6 cm³/mol. The maximum absolute atomic E-state index is 13.0. The monoisotopic (exact) mass is 235 g/mol. The molecule has 0 aliphatic carbocycles. The van der Waals surface area contributed by atoms with Crippen molar-refractivity contribution >= 4 is 23.2 Å². The number of nitrogens with zero attached hydrogens (tertiary/aromatic N) is 1. The second kappa shape index (κ2) is 4.96. The lowest BCUT2D eigenvalue weighted by Gasteiger charge is -2.15. The van der Waals surface area contributed by atoms with Gasteiger partial charge >= 0.3 is 0 Å². The molecule has 78 valence electrons. The van der Waals surface area contributed by atoms with Gasteiger partial charge in [0.25, 0.3) is 0 Å². The quantitative estimate of drug-likeness (QED) is 0.727. The zero-order valence-electron chi connectivity index (χ0n) is 8.10. The van der Waals surface area contributed by atoms with Crippen LogP contribution in [0.1, 0.15) is 10.9 Å². The van der Waals surface area contributed by atoms with Crippen LogP contribution in [-0.4, -0.2) is 25.5 Å².